The molecule has 0 saturated carbocycles. The third-order valence-electron chi connectivity index (χ3n) is 6.14. The number of hydrogen-bond acceptors (Lipinski definition) is 4. The van der Waals surface area contributed by atoms with Crippen LogP contribution in [0.1, 0.15) is 93.4 Å². The molecular formula is C24H42BrO3PS. The normalized spacial score (nSPS) is 12.5. The predicted molar refractivity (Wildman–Crippen MR) is 130 cm³/mol. The first-order chi connectivity index (χ1) is 13.9. The highest BCUT2D eigenvalue weighted by Crippen LogP contribution is 2.66. The second-order valence-electron chi connectivity index (χ2n) is 8.32. The van der Waals surface area contributed by atoms with Gasteiger partial charge in [-0.2, -0.15) is 0 Å². The molecule has 6 heteroatoms. The van der Waals surface area contributed by atoms with Crippen LogP contribution in [0, 0.1) is 6.92 Å². The van der Waals surface area contributed by atoms with E-state index in [1.807, 2.05) is 12.3 Å². The molecule has 0 aromatic carbocycles. The smallest absolute Gasteiger partial charge is 0.198 e. The van der Waals surface area contributed by atoms with E-state index in [1.165, 1.54) is 68.3 Å². The number of halogens is 1. The van der Waals surface area contributed by atoms with Gasteiger partial charge < -0.3 is 22.1 Å². The van der Waals surface area contributed by atoms with Crippen molar-refractivity contribution in [2.45, 2.75) is 91.6 Å². The van der Waals surface area contributed by atoms with Crippen LogP contribution < -0.4 is 17.0 Å². The van der Waals surface area contributed by atoms with Gasteiger partial charge >= 0.3 is 0 Å². The molecule has 0 amide bonds. The number of unbranched alkanes of at least 4 members (excludes halogenated alkanes) is 3. The van der Waals surface area contributed by atoms with E-state index in [0.29, 0.717) is 17.1 Å². The molecule has 1 aromatic rings. The quantitative estimate of drug-likeness (QED) is 0.268. The van der Waals surface area contributed by atoms with Crippen molar-refractivity contribution in [1.82, 2.24) is 0 Å². The molecule has 0 aliphatic heterocycles. The van der Waals surface area contributed by atoms with E-state index in [0.717, 1.165) is 17.5 Å². The van der Waals surface area contributed by atoms with Crippen LogP contribution in [0.15, 0.2) is 5.38 Å². The maximum absolute atomic E-state index is 13.7. The summed E-state index contributed by atoms with van der Waals surface area (Å²) in [4.78, 5) is 26.4. The van der Waals surface area contributed by atoms with Crippen LogP contribution >= 0.6 is 18.6 Å². The van der Waals surface area contributed by atoms with Crippen LogP contribution in [-0.2, 0) is 11.2 Å². The Morgan fingerprint density at radius 3 is 1.90 bits per heavy atom. The molecule has 1 unspecified atom stereocenters. The predicted octanol–water partition coefficient (Wildman–Crippen LogP) is 3.54. The molecule has 174 valence electrons. The number of rotatable bonds is 16. The zero-order chi connectivity index (χ0) is 21.9. The zero-order valence-corrected chi connectivity index (χ0v) is 22.9. The molecule has 30 heavy (non-hydrogen) atoms. The van der Waals surface area contributed by atoms with E-state index in [9.17, 15) is 14.7 Å². The molecular weight excluding hydrogens is 479 g/mol. The first-order valence-corrected chi connectivity index (χ1v) is 14.8. The SMILES string of the molecule is CCCC[P+](CCCC)(CCCC)C(CC)C(=O)Cc1c(C)csc1C(=O)CO.[Br-]. The topological polar surface area (TPSA) is 54.4 Å². The molecule has 1 heterocycles. The number of aliphatic hydroxyl groups excluding tert-OH is 1. The number of carbonyl (C=O) groups is 2. The van der Waals surface area contributed by atoms with Gasteiger partial charge in [-0.05, 0) is 49.1 Å². The Balaban J connectivity index is 0.00000841. The van der Waals surface area contributed by atoms with Crippen molar-refractivity contribution >= 4 is 30.2 Å². The number of hydrogen-bond donors (Lipinski definition) is 1. The minimum absolute atomic E-state index is 0. The van der Waals surface area contributed by atoms with E-state index in [4.69, 9.17) is 0 Å². The van der Waals surface area contributed by atoms with Gasteiger partial charge in [-0.25, -0.2) is 0 Å². The highest BCUT2D eigenvalue weighted by molar-refractivity contribution is 7.77. The van der Waals surface area contributed by atoms with Crippen molar-refractivity contribution in [1.29, 1.82) is 0 Å². The highest BCUT2D eigenvalue weighted by atomic mass is 79.9. The van der Waals surface area contributed by atoms with Gasteiger partial charge in [0.05, 0.1) is 23.4 Å². The fourth-order valence-electron chi connectivity index (χ4n) is 4.43. The number of ketones is 2. The van der Waals surface area contributed by atoms with Gasteiger partial charge in [0, 0.05) is 13.7 Å². The monoisotopic (exact) mass is 520 g/mol. The van der Waals surface area contributed by atoms with Crippen LogP contribution in [-0.4, -0.2) is 47.4 Å². The molecule has 1 N–H and O–H groups in total. The second kappa shape index (κ2) is 15.7. The Morgan fingerprint density at radius 2 is 1.50 bits per heavy atom. The number of Topliss-reactive ketones (excluding diaryl/α,β-unsaturated/α-hetero) is 2. The minimum atomic E-state index is -1.37. The van der Waals surface area contributed by atoms with Gasteiger partial charge in [0.25, 0.3) is 0 Å². The van der Waals surface area contributed by atoms with Crippen LogP contribution in [0.2, 0.25) is 0 Å². The Kier molecular flexibility index (Phi) is 15.6. The van der Waals surface area contributed by atoms with Crippen molar-refractivity contribution in [2.75, 3.05) is 25.1 Å². The lowest BCUT2D eigenvalue weighted by Gasteiger charge is -2.34. The maximum atomic E-state index is 13.7. The third-order valence-corrected chi connectivity index (χ3v) is 12.9. The van der Waals surface area contributed by atoms with E-state index in [-0.39, 0.29) is 28.4 Å². The largest absolute Gasteiger partial charge is 1.00 e. The molecule has 0 bridgehead atoms. The first-order valence-electron chi connectivity index (χ1n) is 11.5. The summed E-state index contributed by atoms with van der Waals surface area (Å²) in [6, 6.07) is 0. The van der Waals surface area contributed by atoms with Gasteiger partial charge in [-0.3, -0.25) is 9.59 Å². The van der Waals surface area contributed by atoms with Gasteiger partial charge in [-0.1, -0.05) is 47.0 Å². The van der Waals surface area contributed by atoms with Crippen LogP contribution in [0.3, 0.4) is 0 Å². The van der Waals surface area contributed by atoms with Crippen molar-refractivity contribution in [3.05, 3.63) is 21.4 Å². The highest BCUT2D eigenvalue weighted by Gasteiger charge is 2.46. The van der Waals surface area contributed by atoms with Crippen LogP contribution in [0.4, 0.5) is 0 Å². The summed E-state index contributed by atoms with van der Waals surface area (Å²) in [7, 11) is -1.37. The number of aryl methyl sites for hydroxylation is 1. The van der Waals surface area contributed by atoms with E-state index in [1.54, 1.807) is 0 Å². The lowest BCUT2D eigenvalue weighted by atomic mass is 10.0. The third kappa shape index (κ3) is 8.11. The summed E-state index contributed by atoms with van der Waals surface area (Å²) in [5.74, 6) is 0.0700. The lowest BCUT2D eigenvalue weighted by Crippen LogP contribution is -3.00. The lowest BCUT2D eigenvalue weighted by molar-refractivity contribution is -0.118. The Hall–Kier alpha value is -0.0900. The Morgan fingerprint density at radius 1 is 1.00 bits per heavy atom. The minimum Gasteiger partial charge on any atom is -1.00 e. The first kappa shape index (κ1) is 29.9. The number of aliphatic hydroxyl groups is 1. The van der Waals surface area contributed by atoms with Gasteiger partial charge in [-0.15, -0.1) is 11.3 Å². The Bertz CT molecular complexity index is 623. The molecule has 0 aliphatic carbocycles. The molecule has 1 atom stereocenters. The number of thiophene rings is 1. The molecule has 0 radical (unpaired) electrons. The van der Waals surface area contributed by atoms with Gasteiger partial charge in [0.15, 0.2) is 11.6 Å². The van der Waals surface area contributed by atoms with Crippen molar-refractivity contribution < 1.29 is 31.7 Å². The van der Waals surface area contributed by atoms with Crippen molar-refractivity contribution in [3.8, 4) is 0 Å². The fraction of sp³-hybridized carbons (Fsp3) is 0.750. The summed E-state index contributed by atoms with van der Waals surface area (Å²) in [6.45, 7) is 10.4. The van der Waals surface area contributed by atoms with Gasteiger partial charge in [0.2, 0.25) is 0 Å². The molecule has 1 aromatic heterocycles. The standard InChI is InChI=1S/C24H42O3PS.BrH/c1-6-10-13-28(14-11-7-2,15-12-8-3)23(9-4)21(26)16-20-19(5)18-29-24(20)22(27)17-25;/h18,23,25H,6-17H2,1-5H3;1H/q+1;/p-1. The molecule has 0 fully saturated rings. The molecule has 0 spiro atoms. The molecule has 1 rings (SSSR count). The summed E-state index contributed by atoms with van der Waals surface area (Å²) >= 11 is 1.37. The molecule has 0 aliphatic rings. The van der Waals surface area contributed by atoms with E-state index in [2.05, 4.69) is 27.7 Å². The zero-order valence-electron chi connectivity index (χ0n) is 19.6. The second-order valence-corrected chi connectivity index (χ2v) is 13.6. The van der Waals surface area contributed by atoms with Crippen LogP contribution in [0.5, 0.6) is 0 Å². The van der Waals surface area contributed by atoms with E-state index < -0.39 is 13.9 Å². The van der Waals surface area contributed by atoms with Crippen LogP contribution in [0.25, 0.3) is 0 Å². The Labute approximate surface area is 199 Å². The van der Waals surface area contributed by atoms with Crippen molar-refractivity contribution in [2.24, 2.45) is 0 Å². The summed E-state index contributed by atoms with van der Waals surface area (Å²) < 4.78 is 0. The average molecular weight is 522 g/mol. The number of carbonyl (C=O) groups excluding carboxylic acids is 2. The van der Waals surface area contributed by atoms with Gasteiger partial charge in [0.1, 0.15) is 12.3 Å². The summed E-state index contributed by atoms with van der Waals surface area (Å²) in [5, 5.41) is 11.3. The molecule has 0 saturated heterocycles. The summed E-state index contributed by atoms with van der Waals surface area (Å²) in [5.41, 5.74) is 2.02. The molecule has 3 nitrogen and oxygen atoms in total. The van der Waals surface area contributed by atoms with Crippen molar-refractivity contribution in [3.63, 3.8) is 0 Å². The van der Waals surface area contributed by atoms with E-state index >= 15 is 0 Å². The average Bonchev–Trinajstić information content (AvgIpc) is 3.08. The summed E-state index contributed by atoms with van der Waals surface area (Å²) in [6.07, 6.45) is 12.2. The fourth-order valence-corrected chi connectivity index (χ4v) is 11.4. The maximum Gasteiger partial charge on any atom is 0.198 e.